The van der Waals surface area contributed by atoms with Gasteiger partial charge in [-0.25, -0.2) is 9.50 Å². The summed E-state index contributed by atoms with van der Waals surface area (Å²) in [5.41, 5.74) is 3.74. The Morgan fingerprint density at radius 1 is 1.18 bits per heavy atom. The fourth-order valence-electron chi connectivity index (χ4n) is 5.27. The lowest BCUT2D eigenvalue weighted by Crippen LogP contribution is -2.35. The van der Waals surface area contributed by atoms with Crippen molar-refractivity contribution in [2.24, 2.45) is 7.05 Å². The molecule has 1 aromatic carbocycles. The average Bonchev–Trinajstić information content (AvgIpc) is 3.65. The lowest BCUT2D eigenvalue weighted by molar-refractivity contribution is -0.142. The number of nitrogens with zero attached hydrogens (tertiary/aromatic N) is 4. The number of esters is 1. The van der Waals surface area contributed by atoms with Crippen molar-refractivity contribution in [2.45, 2.75) is 44.5 Å². The van der Waals surface area contributed by atoms with Gasteiger partial charge in [0, 0.05) is 67.6 Å². The van der Waals surface area contributed by atoms with E-state index in [2.05, 4.69) is 25.8 Å². The van der Waals surface area contributed by atoms with Gasteiger partial charge in [-0.1, -0.05) is 35.9 Å². The molecule has 0 radical (unpaired) electrons. The number of methoxy groups -OCH3 is 2. The lowest BCUT2D eigenvalue weighted by Gasteiger charge is -2.14. The van der Waals surface area contributed by atoms with Crippen LogP contribution in [-0.2, 0) is 34.5 Å². The monoisotopic (exact) mass is 637 g/mol. The minimum atomic E-state index is -0.930. The van der Waals surface area contributed by atoms with Gasteiger partial charge < -0.3 is 30.5 Å². The van der Waals surface area contributed by atoms with Gasteiger partial charge >= 0.3 is 5.97 Å². The van der Waals surface area contributed by atoms with E-state index in [0.717, 1.165) is 12.0 Å². The number of aliphatic hydroxyl groups excluding tert-OH is 1. The molecule has 4 N–H and O–H groups in total. The lowest BCUT2D eigenvalue weighted by atomic mass is 10.0. The predicted octanol–water partition coefficient (Wildman–Crippen LogP) is 1.81. The molecule has 0 bridgehead atoms. The summed E-state index contributed by atoms with van der Waals surface area (Å²) >= 11 is 6.95. The minimum Gasteiger partial charge on any atom is -0.481 e. The highest BCUT2D eigenvalue weighted by atomic mass is 35.5. The number of hydrogen-bond acceptors (Lipinski definition) is 10. The smallest absolute Gasteiger partial charge is 0.308 e. The fourth-order valence-corrected chi connectivity index (χ4v) is 5.60. The number of benzene rings is 1. The molecule has 1 fully saturated rings. The van der Waals surface area contributed by atoms with Crippen molar-refractivity contribution >= 4 is 29.0 Å². The second-order valence-electron chi connectivity index (χ2n) is 10.9. The maximum Gasteiger partial charge on any atom is 0.308 e. The first-order valence-electron chi connectivity index (χ1n) is 14.6. The molecule has 4 heterocycles. The van der Waals surface area contributed by atoms with Gasteiger partial charge in [0.15, 0.2) is 0 Å². The normalized spacial score (nSPS) is 15.3. The standard InChI is InChI=1S/C31H36ClN7O6/c1-38-26(16-34-15-21(40)12-28(42)44-2)37-39-17-19(11-25(39)31(38)43)22-5-4-6-23(29(22)32)24-9-7-18(30(36-24)45-3)13-33-14-20-8-10-27(41)35-20/h4-7,9,11,17,20-21,33-34,40H,8,10,12-16H2,1-3H3,(H,35,41)/t20-,21?/m0/s1. The number of halogens is 1. The van der Waals surface area contributed by atoms with Crippen molar-refractivity contribution in [2.75, 3.05) is 27.3 Å². The van der Waals surface area contributed by atoms with Crippen LogP contribution < -0.4 is 26.2 Å². The number of carbonyl (C=O) groups excluding carboxylic acids is 2. The van der Waals surface area contributed by atoms with Gasteiger partial charge in [-0.05, 0) is 18.6 Å². The summed E-state index contributed by atoms with van der Waals surface area (Å²) in [6, 6.07) is 11.3. The zero-order valence-corrected chi connectivity index (χ0v) is 26.1. The molecule has 2 atom stereocenters. The number of amides is 1. The Balaban J connectivity index is 1.34. The largest absolute Gasteiger partial charge is 0.481 e. The van der Waals surface area contributed by atoms with Crippen LogP contribution in [0.15, 0.2) is 47.4 Å². The molecule has 1 amide bonds. The summed E-state index contributed by atoms with van der Waals surface area (Å²) in [5.74, 6) is 0.490. The number of aromatic nitrogens is 4. The highest BCUT2D eigenvalue weighted by Gasteiger charge is 2.21. The van der Waals surface area contributed by atoms with Crippen LogP contribution in [0, 0.1) is 0 Å². The Hall–Kier alpha value is -4.30. The molecule has 1 saturated heterocycles. The van der Waals surface area contributed by atoms with E-state index >= 15 is 0 Å². The van der Waals surface area contributed by atoms with Crippen molar-refractivity contribution in [3.63, 3.8) is 0 Å². The molecule has 238 valence electrons. The molecule has 0 saturated carbocycles. The summed E-state index contributed by atoms with van der Waals surface area (Å²) in [6.45, 7) is 1.51. The third-order valence-corrected chi connectivity index (χ3v) is 8.14. The molecule has 1 unspecified atom stereocenters. The number of aliphatic hydroxyl groups is 1. The molecule has 1 aliphatic rings. The molecule has 3 aromatic heterocycles. The molecule has 45 heavy (non-hydrogen) atoms. The maximum absolute atomic E-state index is 13.2. The van der Waals surface area contributed by atoms with Crippen LogP contribution in [0.5, 0.6) is 5.88 Å². The first-order valence-corrected chi connectivity index (χ1v) is 14.9. The van der Waals surface area contributed by atoms with E-state index in [-0.39, 0.29) is 37.0 Å². The van der Waals surface area contributed by atoms with Gasteiger partial charge in [0.1, 0.15) is 11.3 Å². The number of nitrogens with one attached hydrogen (secondary N) is 3. The highest BCUT2D eigenvalue weighted by Crippen LogP contribution is 2.37. The molecular formula is C31H36ClN7O6. The predicted molar refractivity (Wildman–Crippen MR) is 168 cm³/mol. The zero-order valence-electron chi connectivity index (χ0n) is 25.3. The maximum atomic E-state index is 13.2. The van der Waals surface area contributed by atoms with E-state index in [4.69, 9.17) is 21.3 Å². The summed E-state index contributed by atoms with van der Waals surface area (Å²) < 4.78 is 13.1. The summed E-state index contributed by atoms with van der Waals surface area (Å²) in [5, 5.41) is 24.4. The van der Waals surface area contributed by atoms with Crippen molar-refractivity contribution in [1.82, 2.24) is 35.1 Å². The third kappa shape index (κ3) is 7.34. The number of carbonyl (C=O) groups is 2. The SMILES string of the molecule is COC(=O)CC(O)CNCc1nn2cc(-c3cccc(-c4ccc(CNC[C@@H]5CCC(=O)N5)c(OC)n4)c3Cl)cc2c(=O)n1C. The van der Waals surface area contributed by atoms with E-state index in [9.17, 15) is 19.5 Å². The summed E-state index contributed by atoms with van der Waals surface area (Å²) in [6.07, 6.45) is 2.05. The number of fused-ring (bicyclic) bond motifs is 1. The summed E-state index contributed by atoms with van der Waals surface area (Å²) in [7, 11) is 4.46. The number of ether oxygens (including phenoxy) is 2. The van der Waals surface area contributed by atoms with Crippen LogP contribution in [0.4, 0.5) is 0 Å². The molecule has 0 spiro atoms. The molecule has 14 heteroatoms. The van der Waals surface area contributed by atoms with Crippen molar-refractivity contribution in [3.05, 3.63) is 69.4 Å². The second kappa shape index (κ2) is 14.2. The van der Waals surface area contributed by atoms with Crippen LogP contribution in [0.2, 0.25) is 5.02 Å². The van der Waals surface area contributed by atoms with Crippen LogP contribution in [-0.4, -0.2) is 75.6 Å². The van der Waals surface area contributed by atoms with E-state index in [1.807, 2.05) is 30.3 Å². The first kappa shape index (κ1) is 32.1. The number of hydrogen-bond donors (Lipinski definition) is 4. The van der Waals surface area contributed by atoms with Crippen molar-refractivity contribution in [3.8, 4) is 28.3 Å². The van der Waals surface area contributed by atoms with Gasteiger partial charge in [0.25, 0.3) is 5.56 Å². The Morgan fingerprint density at radius 2 is 1.98 bits per heavy atom. The Bertz CT molecular complexity index is 1770. The Labute approximate surface area is 264 Å². The van der Waals surface area contributed by atoms with E-state index in [0.29, 0.717) is 64.1 Å². The summed E-state index contributed by atoms with van der Waals surface area (Å²) in [4.78, 5) is 40.7. The third-order valence-electron chi connectivity index (χ3n) is 7.74. The second-order valence-corrected chi connectivity index (χ2v) is 11.2. The van der Waals surface area contributed by atoms with Crippen LogP contribution >= 0.6 is 11.6 Å². The van der Waals surface area contributed by atoms with Gasteiger partial charge in [-0.2, -0.15) is 5.10 Å². The molecular weight excluding hydrogens is 602 g/mol. The van der Waals surface area contributed by atoms with Crippen LogP contribution in [0.25, 0.3) is 27.9 Å². The number of rotatable bonds is 13. The molecule has 13 nitrogen and oxygen atoms in total. The Kier molecular flexibility index (Phi) is 10.1. The highest BCUT2D eigenvalue weighted by molar-refractivity contribution is 6.36. The molecule has 1 aliphatic heterocycles. The van der Waals surface area contributed by atoms with E-state index in [1.165, 1.54) is 16.2 Å². The van der Waals surface area contributed by atoms with Gasteiger partial charge in [-0.3, -0.25) is 19.0 Å². The van der Waals surface area contributed by atoms with Gasteiger partial charge in [0.2, 0.25) is 11.8 Å². The minimum absolute atomic E-state index is 0.0840. The molecule has 4 aromatic rings. The first-order chi connectivity index (χ1) is 21.7. The number of pyridine rings is 1. The van der Waals surface area contributed by atoms with E-state index < -0.39 is 12.1 Å². The van der Waals surface area contributed by atoms with Crippen LogP contribution in [0.1, 0.15) is 30.7 Å². The topological polar surface area (TPSA) is 161 Å². The van der Waals surface area contributed by atoms with Crippen molar-refractivity contribution in [1.29, 1.82) is 0 Å². The zero-order chi connectivity index (χ0) is 32.1. The van der Waals surface area contributed by atoms with Gasteiger partial charge in [0.05, 0.1) is 44.0 Å². The van der Waals surface area contributed by atoms with Crippen molar-refractivity contribution < 1.29 is 24.2 Å². The quantitative estimate of drug-likeness (QED) is 0.159. The van der Waals surface area contributed by atoms with Gasteiger partial charge in [-0.15, -0.1) is 0 Å². The average molecular weight is 638 g/mol. The molecule has 0 aliphatic carbocycles. The fraction of sp³-hybridized carbons (Fsp3) is 0.387. The van der Waals surface area contributed by atoms with Crippen LogP contribution in [0.3, 0.4) is 0 Å². The Morgan fingerprint density at radius 3 is 2.71 bits per heavy atom. The van der Waals surface area contributed by atoms with E-state index in [1.54, 1.807) is 26.4 Å². The molecule has 5 rings (SSSR count).